The van der Waals surface area contributed by atoms with Crippen molar-refractivity contribution in [3.8, 4) is 22.4 Å². The zero-order chi connectivity index (χ0) is 32.2. The van der Waals surface area contributed by atoms with Crippen LogP contribution in [0.2, 0.25) is 0 Å². The number of aromatic nitrogens is 4. The summed E-state index contributed by atoms with van der Waals surface area (Å²) in [5.74, 6) is 0. The van der Waals surface area contributed by atoms with Crippen molar-refractivity contribution in [1.29, 1.82) is 0 Å². The third-order valence-electron chi connectivity index (χ3n) is 9.49. The lowest BCUT2D eigenvalue weighted by Crippen LogP contribution is -2.18. The van der Waals surface area contributed by atoms with Crippen LogP contribution in [0.4, 0.5) is 17.1 Å². The molecule has 45 heavy (non-hydrogen) atoms. The van der Waals surface area contributed by atoms with Crippen molar-refractivity contribution in [3.63, 3.8) is 0 Å². The van der Waals surface area contributed by atoms with Gasteiger partial charge in [-0.25, -0.2) is 19.9 Å². The average Bonchev–Trinajstić information content (AvgIpc) is 3.02. The Morgan fingerprint density at radius 3 is 1.60 bits per heavy atom. The third-order valence-corrected chi connectivity index (χ3v) is 9.49. The van der Waals surface area contributed by atoms with Crippen LogP contribution < -0.4 is 4.90 Å². The Morgan fingerprint density at radius 1 is 0.489 bits per heavy atom. The summed E-state index contributed by atoms with van der Waals surface area (Å²) < 4.78 is 0. The van der Waals surface area contributed by atoms with Crippen molar-refractivity contribution in [3.05, 3.63) is 123 Å². The molecule has 0 saturated carbocycles. The van der Waals surface area contributed by atoms with E-state index in [2.05, 4.69) is 138 Å². The van der Waals surface area contributed by atoms with Crippen LogP contribution in [0.25, 0.3) is 33.7 Å². The Bertz CT molecular complexity index is 2030. The fourth-order valence-corrected chi connectivity index (χ4v) is 6.74. The van der Waals surface area contributed by atoms with Gasteiger partial charge in [-0.3, -0.25) is 0 Å². The molecule has 0 atom stereocenters. The molecule has 0 aliphatic rings. The predicted molar refractivity (Wildman–Crippen MR) is 188 cm³/mol. The van der Waals surface area contributed by atoms with Gasteiger partial charge in [0.25, 0.3) is 0 Å². The second-order valence-corrected chi connectivity index (χ2v) is 12.6. The number of anilines is 3. The molecule has 0 saturated heterocycles. The molecule has 0 unspecified atom stereocenters. The lowest BCUT2D eigenvalue weighted by atomic mass is 9.88. The maximum Gasteiger partial charge on any atom is 0.198 e. The van der Waals surface area contributed by atoms with Crippen LogP contribution >= 0.6 is 0 Å². The fraction of sp³-hybridized carbons (Fsp3) is 0.250. The molecule has 4 aromatic carbocycles. The largest absolute Gasteiger partial charge is 0.309 e. The van der Waals surface area contributed by atoms with Gasteiger partial charge < -0.3 is 4.90 Å². The summed E-state index contributed by atoms with van der Waals surface area (Å²) in [5, 5.41) is 0. The summed E-state index contributed by atoms with van der Waals surface area (Å²) in [7, 11) is 0. The van der Waals surface area contributed by atoms with Gasteiger partial charge in [-0.1, -0.05) is 47.5 Å². The van der Waals surface area contributed by atoms with Crippen LogP contribution in [-0.4, -0.2) is 19.9 Å². The number of rotatable bonds is 5. The highest BCUT2D eigenvalue weighted by Crippen LogP contribution is 2.47. The van der Waals surface area contributed by atoms with Gasteiger partial charge in [-0.15, -0.1) is 0 Å². The Morgan fingerprint density at radius 2 is 1.02 bits per heavy atom. The first-order valence-electron chi connectivity index (χ1n) is 15.6. The van der Waals surface area contributed by atoms with E-state index in [-0.39, 0.29) is 0 Å². The molecule has 2 aromatic heterocycles. The molecular weight excluding hydrogens is 550 g/mol. The Balaban J connectivity index is 1.59. The van der Waals surface area contributed by atoms with E-state index in [1.807, 2.05) is 6.20 Å². The van der Waals surface area contributed by atoms with Gasteiger partial charge in [-0.2, -0.15) is 0 Å². The molecule has 0 fully saturated rings. The molecule has 0 aliphatic carbocycles. The van der Waals surface area contributed by atoms with Gasteiger partial charge in [0, 0.05) is 23.6 Å². The van der Waals surface area contributed by atoms with Crippen LogP contribution in [0.15, 0.2) is 67.1 Å². The minimum absolute atomic E-state index is 0.554. The number of hydrogen-bond acceptors (Lipinski definition) is 5. The monoisotopic (exact) mass is 591 g/mol. The Labute approximate surface area is 267 Å². The molecule has 226 valence electrons. The second-order valence-electron chi connectivity index (χ2n) is 12.6. The normalized spacial score (nSPS) is 11.3. The van der Waals surface area contributed by atoms with E-state index in [9.17, 15) is 0 Å². The highest BCUT2D eigenvalue weighted by Gasteiger charge is 2.26. The first-order chi connectivity index (χ1) is 21.5. The molecule has 0 N–H and O–H groups in total. The van der Waals surface area contributed by atoms with E-state index in [0.29, 0.717) is 11.3 Å². The standard InChI is InChI=1S/C40H41N5/c1-22-17-23(2)19-33(18-22)32-11-13-34(14-12-32)45(37-26(5)24(3)20-25(4)27(37)6)38-30(9)28(7)36(29(8)31(38)10)35-21-43-39-40(44-35)42-16-15-41-39/h11-21H,1-10H3. The van der Waals surface area contributed by atoms with Crippen molar-refractivity contribution in [1.82, 2.24) is 19.9 Å². The minimum Gasteiger partial charge on any atom is -0.309 e. The molecule has 6 rings (SSSR count). The smallest absolute Gasteiger partial charge is 0.198 e. The van der Waals surface area contributed by atoms with Gasteiger partial charge in [0.05, 0.1) is 23.3 Å². The highest BCUT2D eigenvalue weighted by molar-refractivity contribution is 5.89. The molecule has 0 amide bonds. The molecule has 2 heterocycles. The zero-order valence-electron chi connectivity index (χ0n) is 28.1. The van der Waals surface area contributed by atoms with Crippen molar-refractivity contribution < 1.29 is 0 Å². The summed E-state index contributed by atoms with van der Waals surface area (Å²) in [6.45, 7) is 22.1. The fourth-order valence-electron chi connectivity index (χ4n) is 6.74. The van der Waals surface area contributed by atoms with Crippen LogP contribution in [0, 0.1) is 69.2 Å². The van der Waals surface area contributed by atoms with Crippen molar-refractivity contribution in [2.45, 2.75) is 69.2 Å². The lowest BCUT2D eigenvalue weighted by Gasteiger charge is -2.34. The van der Waals surface area contributed by atoms with Crippen molar-refractivity contribution >= 4 is 28.4 Å². The predicted octanol–water partition coefficient (Wildman–Crippen LogP) is 10.3. The average molecular weight is 592 g/mol. The Kier molecular flexibility index (Phi) is 7.74. The topological polar surface area (TPSA) is 54.8 Å². The van der Waals surface area contributed by atoms with Gasteiger partial charge in [0.2, 0.25) is 0 Å². The van der Waals surface area contributed by atoms with Crippen LogP contribution in [-0.2, 0) is 0 Å². The summed E-state index contributed by atoms with van der Waals surface area (Å²) in [5.41, 5.74) is 21.6. The second kappa shape index (κ2) is 11.6. The minimum atomic E-state index is 0.554. The van der Waals surface area contributed by atoms with Gasteiger partial charge in [0.15, 0.2) is 11.3 Å². The lowest BCUT2D eigenvalue weighted by molar-refractivity contribution is 1.12. The van der Waals surface area contributed by atoms with E-state index in [0.717, 1.165) is 16.9 Å². The molecule has 0 aliphatic heterocycles. The summed E-state index contributed by atoms with van der Waals surface area (Å²) in [4.78, 5) is 20.7. The maximum absolute atomic E-state index is 4.89. The SMILES string of the molecule is Cc1cc(C)cc(-c2ccc(N(c3c(C)c(C)cc(C)c3C)c3c(C)c(C)c(-c4cnc5nccnc5n4)c(C)c3C)cc2)c1. The van der Waals surface area contributed by atoms with Gasteiger partial charge in [-0.05, 0) is 137 Å². The Hall–Kier alpha value is -4.90. The third kappa shape index (κ3) is 5.27. The van der Waals surface area contributed by atoms with E-state index in [1.165, 1.54) is 78.1 Å². The molecule has 5 heteroatoms. The number of benzene rings is 4. The molecule has 6 aromatic rings. The zero-order valence-corrected chi connectivity index (χ0v) is 28.1. The first kappa shape index (κ1) is 30.1. The summed E-state index contributed by atoms with van der Waals surface area (Å²) in [6, 6.07) is 18.1. The number of fused-ring (bicyclic) bond motifs is 1. The van der Waals surface area contributed by atoms with E-state index < -0.39 is 0 Å². The molecular formula is C40H41N5. The first-order valence-corrected chi connectivity index (χ1v) is 15.6. The van der Waals surface area contributed by atoms with Crippen LogP contribution in [0.1, 0.15) is 55.6 Å². The summed E-state index contributed by atoms with van der Waals surface area (Å²) >= 11 is 0. The molecule has 0 spiro atoms. The highest BCUT2D eigenvalue weighted by atomic mass is 15.2. The van der Waals surface area contributed by atoms with Gasteiger partial charge in [0.1, 0.15) is 0 Å². The van der Waals surface area contributed by atoms with Gasteiger partial charge >= 0.3 is 0 Å². The number of aryl methyl sites for hydroxylation is 4. The molecule has 0 bridgehead atoms. The summed E-state index contributed by atoms with van der Waals surface area (Å²) in [6.07, 6.45) is 5.14. The van der Waals surface area contributed by atoms with Crippen molar-refractivity contribution in [2.24, 2.45) is 0 Å². The molecule has 0 radical (unpaired) electrons. The van der Waals surface area contributed by atoms with E-state index >= 15 is 0 Å². The van der Waals surface area contributed by atoms with Crippen molar-refractivity contribution in [2.75, 3.05) is 4.90 Å². The quantitative estimate of drug-likeness (QED) is 0.200. The molecule has 5 nitrogen and oxygen atoms in total. The van der Waals surface area contributed by atoms with E-state index in [1.54, 1.807) is 12.4 Å². The number of nitrogens with zero attached hydrogens (tertiary/aromatic N) is 5. The maximum atomic E-state index is 4.89. The number of hydrogen-bond donors (Lipinski definition) is 0. The van der Waals surface area contributed by atoms with Crippen LogP contribution in [0.5, 0.6) is 0 Å². The van der Waals surface area contributed by atoms with E-state index in [4.69, 9.17) is 4.98 Å². The van der Waals surface area contributed by atoms with Crippen LogP contribution in [0.3, 0.4) is 0 Å².